The lowest BCUT2D eigenvalue weighted by molar-refractivity contribution is 0.181. The van der Waals surface area contributed by atoms with E-state index in [4.69, 9.17) is 4.74 Å². The molecule has 0 aliphatic rings. The lowest BCUT2D eigenvalue weighted by Crippen LogP contribution is -2.04. The third kappa shape index (κ3) is 3.05. The van der Waals surface area contributed by atoms with Crippen molar-refractivity contribution in [2.24, 2.45) is 0 Å². The molecule has 4 nitrogen and oxygen atoms in total. The van der Waals surface area contributed by atoms with Crippen molar-refractivity contribution in [3.05, 3.63) is 42.1 Å². The molecule has 0 atom stereocenters. The summed E-state index contributed by atoms with van der Waals surface area (Å²) in [5.41, 5.74) is 1.89. The number of ether oxygens (including phenoxy) is 1. The maximum absolute atomic E-state index is 5.13. The van der Waals surface area contributed by atoms with E-state index in [1.807, 2.05) is 43.3 Å². The van der Waals surface area contributed by atoms with E-state index in [0.29, 0.717) is 6.61 Å². The highest BCUT2D eigenvalue weighted by molar-refractivity contribution is 5.57. The molecule has 0 unspecified atom stereocenters. The number of benzene rings is 1. The first kappa shape index (κ1) is 12.5. The van der Waals surface area contributed by atoms with Gasteiger partial charge in [0, 0.05) is 25.3 Å². The highest BCUT2D eigenvalue weighted by atomic mass is 16.5. The molecule has 94 valence electrons. The Balaban J connectivity index is 2.39. The molecule has 2 aromatic rings. The minimum absolute atomic E-state index is 0.487. The first-order valence-corrected chi connectivity index (χ1v) is 5.99. The predicted octanol–water partition coefficient (Wildman–Crippen LogP) is 2.72. The van der Waals surface area contributed by atoms with Crippen LogP contribution in [0.25, 0.3) is 11.4 Å². The van der Waals surface area contributed by atoms with Crippen LogP contribution in [0.4, 0.5) is 5.82 Å². The highest BCUT2D eigenvalue weighted by Crippen LogP contribution is 2.17. The molecule has 1 aromatic heterocycles. The van der Waals surface area contributed by atoms with Crippen molar-refractivity contribution in [3.63, 3.8) is 0 Å². The molecule has 0 saturated carbocycles. The van der Waals surface area contributed by atoms with Gasteiger partial charge >= 0.3 is 0 Å². The van der Waals surface area contributed by atoms with Gasteiger partial charge in [0.15, 0.2) is 5.82 Å². The van der Waals surface area contributed by atoms with Gasteiger partial charge in [-0.3, -0.25) is 0 Å². The minimum Gasteiger partial charge on any atom is -0.378 e. The van der Waals surface area contributed by atoms with Crippen LogP contribution in [-0.4, -0.2) is 23.6 Å². The fourth-order valence-electron chi connectivity index (χ4n) is 1.71. The van der Waals surface area contributed by atoms with E-state index in [2.05, 4.69) is 15.3 Å². The third-order valence-electron chi connectivity index (χ3n) is 2.46. The molecular weight excluding hydrogens is 226 g/mol. The van der Waals surface area contributed by atoms with Crippen molar-refractivity contribution in [2.45, 2.75) is 13.5 Å². The van der Waals surface area contributed by atoms with Crippen molar-refractivity contribution >= 4 is 5.82 Å². The number of methoxy groups -OCH3 is 1. The van der Waals surface area contributed by atoms with E-state index in [0.717, 1.165) is 29.4 Å². The van der Waals surface area contributed by atoms with Crippen molar-refractivity contribution in [2.75, 3.05) is 19.0 Å². The zero-order valence-electron chi connectivity index (χ0n) is 10.7. The molecule has 1 heterocycles. The van der Waals surface area contributed by atoms with E-state index in [9.17, 15) is 0 Å². The van der Waals surface area contributed by atoms with Crippen molar-refractivity contribution < 1.29 is 4.74 Å². The molecule has 0 saturated heterocycles. The Kier molecular flexibility index (Phi) is 4.25. The normalized spacial score (nSPS) is 10.3. The average molecular weight is 243 g/mol. The summed E-state index contributed by atoms with van der Waals surface area (Å²) in [5.74, 6) is 1.56. The van der Waals surface area contributed by atoms with E-state index < -0.39 is 0 Å². The van der Waals surface area contributed by atoms with Gasteiger partial charge in [-0.2, -0.15) is 0 Å². The Morgan fingerprint density at radius 1 is 1.17 bits per heavy atom. The topological polar surface area (TPSA) is 47.0 Å². The van der Waals surface area contributed by atoms with Crippen LogP contribution in [0, 0.1) is 0 Å². The van der Waals surface area contributed by atoms with Gasteiger partial charge in [-0.05, 0) is 6.92 Å². The van der Waals surface area contributed by atoms with Crippen LogP contribution in [0.5, 0.6) is 0 Å². The summed E-state index contributed by atoms with van der Waals surface area (Å²) in [6, 6.07) is 11.9. The smallest absolute Gasteiger partial charge is 0.161 e. The quantitative estimate of drug-likeness (QED) is 0.877. The SMILES string of the molecule is CCNc1cc(COC)nc(-c2ccccc2)n1. The lowest BCUT2D eigenvalue weighted by Gasteiger charge is -2.08. The maximum Gasteiger partial charge on any atom is 0.161 e. The number of hydrogen-bond donors (Lipinski definition) is 1. The van der Waals surface area contributed by atoms with E-state index in [-0.39, 0.29) is 0 Å². The van der Waals surface area contributed by atoms with Gasteiger partial charge in [0.25, 0.3) is 0 Å². The summed E-state index contributed by atoms with van der Waals surface area (Å²) in [5, 5.41) is 3.21. The molecule has 0 bridgehead atoms. The molecule has 0 spiro atoms. The summed E-state index contributed by atoms with van der Waals surface area (Å²) in [6.07, 6.45) is 0. The van der Waals surface area contributed by atoms with Gasteiger partial charge in [-0.15, -0.1) is 0 Å². The van der Waals surface area contributed by atoms with Crippen LogP contribution in [0.1, 0.15) is 12.6 Å². The van der Waals surface area contributed by atoms with Gasteiger partial charge < -0.3 is 10.1 Å². The van der Waals surface area contributed by atoms with Crippen LogP contribution >= 0.6 is 0 Å². The van der Waals surface area contributed by atoms with E-state index >= 15 is 0 Å². The molecule has 18 heavy (non-hydrogen) atoms. The second-order valence-corrected chi connectivity index (χ2v) is 3.90. The molecule has 4 heteroatoms. The van der Waals surface area contributed by atoms with Crippen LogP contribution in [0.2, 0.25) is 0 Å². The van der Waals surface area contributed by atoms with Crippen LogP contribution in [-0.2, 0) is 11.3 Å². The summed E-state index contributed by atoms with van der Waals surface area (Å²) in [7, 11) is 1.66. The second kappa shape index (κ2) is 6.12. The van der Waals surface area contributed by atoms with Gasteiger partial charge in [0.1, 0.15) is 5.82 Å². The maximum atomic E-state index is 5.13. The van der Waals surface area contributed by atoms with Gasteiger partial charge in [-0.25, -0.2) is 9.97 Å². The Bertz CT molecular complexity index is 475. The first-order valence-electron chi connectivity index (χ1n) is 5.99. The molecular formula is C14H17N3O. The summed E-state index contributed by atoms with van der Waals surface area (Å²) < 4.78 is 5.13. The molecule has 0 radical (unpaired) electrons. The lowest BCUT2D eigenvalue weighted by atomic mass is 10.2. The number of nitrogens with zero attached hydrogens (tertiary/aromatic N) is 2. The zero-order valence-corrected chi connectivity index (χ0v) is 10.7. The van der Waals surface area contributed by atoms with Crippen molar-refractivity contribution in [3.8, 4) is 11.4 Å². The van der Waals surface area contributed by atoms with Crippen LogP contribution in [0.3, 0.4) is 0 Å². The Labute approximate surface area is 107 Å². The van der Waals surface area contributed by atoms with Gasteiger partial charge in [-0.1, -0.05) is 30.3 Å². The van der Waals surface area contributed by atoms with E-state index in [1.54, 1.807) is 7.11 Å². The Morgan fingerprint density at radius 2 is 1.94 bits per heavy atom. The standard InChI is InChI=1S/C14H17N3O/c1-3-15-13-9-12(10-18-2)16-14(17-13)11-7-5-4-6-8-11/h4-9H,3,10H2,1-2H3,(H,15,16,17). The predicted molar refractivity (Wildman–Crippen MR) is 72.3 cm³/mol. The second-order valence-electron chi connectivity index (χ2n) is 3.90. The first-order chi connectivity index (χ1) is 8.83. The van der Waals surface area contributed by atoms with Crippen LogP contribution < -0.4 is 5.32 Å². The largest absolute Gasteiger partial charge is 0.378 e. The molecule has 0 aliphatic carbocycles. The number of rotatable bonds is 5. The summed E-state index contributed by atoms with van der Waals surface area (Å²) in [4.78, 5) is 9.00. The fraction of sp³-hybridized carbons (Fsp3) is 0.286. The number of aromatic nitrogens is 2. The zero-order chi connectivity index (χ0) is 12.8. The molecule has 1 N–H and O–H groups in total. The third-order valence-corrected chi connectivity index (χ3v) is 2.46. The van der Waals surface area contributed by atoms with E-state index in [1.165, 1.54) is 0 Å². The molecule has 0 aliphatic heterocycles. The van der Waals surface area contributed by atoms with Crippen molar-refractivity contribution in [1.29, 1.82) is 0 Å². The molecule has 0 amide bonds. The average Bonchev–Trinajstić information content (AvgIpc) is 2.40. The molecule has 2 rings (SSSR count). The summed E-state index contributed by atoms with van der Waals surface area (Å²) >= 11 is 0. The van der Waals surface area contributed by atoms with Crippen molar-refractivity contribution in [1.82, 2.24) is 9.97 Å². The van der Waals surface area contributed by atoms with Gasteiger partial charge in [0.05, 0.1) is 12.3 Å². The number of anilines is 1. The molecule has 1 aromatic carbocycles. The Hall–Kier alpha value is -1.94. The number of hydrogen-bond acceptors (Lipinski definition) is 4. The minimum atomic E-state index is 0.487. The fourth-order valence-corrected chi connectivity index (χ4v) is 1.71. The summed E-state index contributed by atoms with van der Waals surface area (Å²) in [6.45, 7) is 3.36. The molecule has 0 fully saturated rings. The highest BCUT2D eigenvalue weighted by Gasteiger charge is 2.06. The monoisotopic (exact) mass is 243 g/mol. The van der Waals surface area contributed by atoms with Crippen LogP contribution in [0.15, 0.2) is 36.4 Å². The van der Waals surface area contributed by atoms with Gasteiger partial charge in [0.2, 0.25) is 0 Å². The number of nitrogens with one attached hydrogen (secondary N) is 1. The Morgan fingerprint density at radius 3 is 2.61 bits per heavy atom.